The highest BCUT2D eigenvalue weighted by molar-refractivity contribution is 9.10. The van der Waals surface area contributed by atoms with Crippen LogP contribution in [-0.4, -0.2) is 20.1 Å². The second-order valence-corrected chi connectivity index (χ2v) is 6.12. The van der Waals surface area contributed by atoms with Crippen LogP contribution in [0.5, 0.6) is 11.5 Å². The van der Waals surface area contributed by atoms with Gasteiger partial charge in [0.15, 0.2) is 0 Å². The Morgan fingerprint density at radius 1 is 1.17 bits per heavy atom. The van der Waals surface area contributed by atoms with Crippen LogP contribution >= 0.6 is 15.9 Å². The van der Waals surface area contributed by atoms with E-state index in [0.717, 1.165) is 27.1 Å². The zero-order chi connectivity index (χ0) is 16.8. The van der Waals surface area contributed by atoms with Crippen molar-refractivity contribution in [3.05, 3.63) is 58.1 Å². The Labute approximate surface area is 144 Å². The largest absolute Gasteiger partial charge is 0.497 e. The minimum Gasteiger partial charge on any atom is -0.497 e. The van der Waals surface area contributed by atoms with Crippen molar-refractivity contribution in [1.29, 1.82) is 0 Å². The summed E-state index contributed by atoms with van der Waals surface area (Å²) in [7, 11) is 3.23. The third-order valence-corrected chi connectivity index (χ3v) is 4.03. The minimum absolute atomic E-state index is 0.0412. The van der Waals surface area contributed by atoms with Crippen LogP contribution in [0.4, 0.5) is 0 Å². The summed E-state index contributed by atoms with van der Waals surface area (Å²) in [6.07, 6.45) is 0.329. The Kier molecular flexibility index (Phi) is 6.04. The van der Waals surface area contributed by atoms with E-state index >= 15 is 0 Å². The van der Waals surface area contributed by atoms with Gasteiger partial charge in [0.05, 0.1) is 26.7 Å². The summed E-state index contributed by atoms with van der Waals surface area (Å²) in [5.41, 5.74) is 1.84. The third kappa shape index (κ3) is 4.73. The van der Waals surface area contributed by atoms with Gasteiger partial charge in [-0.3, -0.25) is 4.79 Å². The smallest absolute Gasteiger partial charge is 0.224 e. The number of halogens is 1. The Hall–Kier alpha value is -2.01. The van der Waals surface area contributed by atoms with Gasteiger partial charge in [0.1, 0.15) is 11.5 Å². The Morgan fingerprint density at radius 2 is 1.96 bits per heavy atom. The third-order valence-electron chi connectivity index (χ3n) is 3.53. The van der Waals surface area contributed by atoms with Crippen LogP contribution in [0.25, 0.3) is 0 Å². The molecule has 0 saturated carbocycles. The fraction of sp³-hybridized carbons (Fsp3) is 0.278. The lowest BCUT2D eigenvalue weighted by molar-refractivity contribution is -0.121. The van der Waals surface area contributed by atoms with Gasteiger partial charge >= 0.3 is 0 Å². The fourth-order valence-corrected chi connectivity index (χ4v) is 2.83. The van der Waals surface area contributed by atoms with Crippen molar-refractivity contribution in [2.75, 3.05) is 14.2 Å². The molecule has 5 heteroatoms. The van der Waals surface area contributed by atoms with E-state index in [9.17, 15) is 4.79 Å². The minimum atomic E-state index is -0.181. The van der Waals surface area contributed by atoms with Gasteiger partial charge < -0.3 is 14.8 Å². The summed E-state index contributed by atoms with van der Waals surface area (Å²) in [5.74, 6) is 1.41. The van der Waals surface area contributed by atoms with Crippen molar-refractivity contribution in [2.24, 2.45) is 0 Å². The van der Waals surface area contributed by atoms with Gasteiger partial charge in [-0.05, 0) is 42.8 Å². The second kappa shape index (κ2) is 8.02. The summed E-state index contributed by atoms with van der Waals surface area (Å²) in [5, 5.41) is 3.00. The monoisotopic (exact) mass is 377 g/mol. The lowest BCUT2D eigenvalue weighted by Gasteiger charge is -2.18. The van der Waals surface area contributed by atoms with Crippen LogP contribution in [0.1, 0.15) is 24.1 Å². The molecule has 0 spiro atoms. The standard InChI is InChI=1S/C18H20BrNO3/c1-12(16-11-15(22-2)7-8-17(16)23-3)20-18(21)10-13-5-4-6-14(19)9-13/h4-9,11-12H,10H2,1-3H3,(H,20,21). The lowest BCUT2D eigenvalue weighted by Crippen LogP contribution is -2.28. The molecule has 2 aromatic rings. The molecule has 1 amide bonds. The van der Waals surface area contributed by atoms with Gasteiger partial charge in [0.2, 0.25) is 5.91 Å². The second-order valence-electron chi connectivity index (χ2n) is 5.20. The van der Waals surface area contributed by atoms with Crippen molar-refractivity contribution in [1.82, 2.24) is 5.32 Å². The predicted molar refractivity (Wildman–Crippen MR) is 93.9 cm³/mol. The molecule has 1 N–H and O–H groups in total. The highest BCUT2D eigenvalue weighted by Crippen LogP contribution is 2.29. The first kappa shape index (κ1) is 17.3. The molecule has 0 radical (unpaired) electrons. The topological polar surface area (TPSA) is 47.6 Å². The van der Waals surface area contributed by atoms with Crippen LogP contribution in [0.3, 0.4) is 0 Å². The van der Waals surface area contributed by atoms with Crippen LogP contribution < -0.4 is 14.8 Å². The van der Waals surface area contributed by atoms with E-state index in [4.69, 9.17) is 9.47 Å². The summed E-state index contributed by atoms with van der Waals surface area (Å²) in [6.45, 7) is 1.93. The number of amides is 1. The number of rotatable bonds is 6. The predicted octanol–water partition coefficient (Wildman–Crippen LogP) is 3.89. The maximum absolute atomic E-state index is 12.3. The van der Waals surface area contributed by atoms with E-state index < -0.39 is 0 Å². The van der Waals surface area contributed by atoms with E-state index in [2.05, 4.69) is 21.2 Å². The molecule has 1 atom stereocenters. The Morgan fingerprint density at radius 3 is 2.61 bits per heavy atom. The normalized spacial score (nSPS) is 11.7. The van der Waals surface area contributed by atoms with Crippen molar-refractivity contribution >= 4 is 21.8 Å². The molecule has 0 heterocycles. The number of carbonyl (C=O) groups is 1. The molecule has 0 aliphatic rings. The molecular weight excluding hydrogens is 358 g/mol. The number of benzene rings is 2. The molecule has 0 fully saturated rings. The van der Waals surface area contributed by atoms with Gasteiger partial charge in [-0.2, -0.15) is 0 Å². The number of nitrogens with one attached hydrogen (secondary N) is 1. The van der Waals surface area contributed by atoms with Gasteiger partial charge in [-0.1, -0.05) is 28.1 Å². The van der Waals surface area contributed by atoms with Gasteiger partial charge in [-0.25, -0.2) is 0 Å². The summed E-state index contributed by atoms with van der Waals surface area (Å²) in [6, 6.07) is 13.1. The molecule has 23 heavy (non-hydrogen) atoms. The number of hydrogen-bond donors (Lipinski definition) is 1. The highest BCUT2D eigenvalue weighted by Gasteiger charge is 2.15. The molecule has 0 aliphatic heterocycles. The zero-order valence-electron chi connectivity index (χ0n) is 13.4. The molecule has 122 valence electrons. The lowest BCUT2D eigenvalue weighted by atomic mass is 10.1. The quantitative estimate of drug-likeness (QED) is 0.830. The van der Waals surface area contributed by atoms with E-state index in [0.29, 0.717) is 6.42 Å². The first-order valence-electron chi connectivity index (χ1n) is 7.29. The number of carbonyl (C=O) groups excluding carboxylic acids is 1. The summed E-state index contributed by atoms with van der Waals surface area (Å²) in [4.78, 5) is 12.3. The van der Waals surface area contributed by atoms with Crippen LogP contribution in [0, 0.1) is 0 Å². The highest BCUT2D eigenvalue weighted by atomic mass is 79.9. The molecule has 4 nitrogen and oxygen atoms in total. The number of methoxy groups -OCH3 is 2. The van der Waals surface area contributed by atoms with Crippen molar-refractivity contribution in [3.8, 4) is 11.5 Å². The maximum Gasteiger partial charge on any atom is 0.224 e. The maximum atomic E-state index is 12.3. The van der Waals surface area contributed by atoms with Crippen molar-refractivity contribution < 1.29 is 14.3 Å². The van der Waals surface area contributed by atoms with Crippen LogP contribution in [0.15, 0.2) is 46.9 Å². The van der Waals surface area contributed by atoms with Gasteiger partial charge in [0.25, 0.3) is 0 Å². The summed E-state index contributed by atoms with van der Waals surface area (Å²) >= 11 is 3.41. The van der Waals surface area contributed by atoms with Gasteiger partial charge in [-0.15, -0.1) is 0 Å². The summed E-state index contributed by atoms with van der Waals surface area (Å²) < 4.78 is 11.6. The van der Waals surface area contributed by atoms with Crippen LogP contribution in [-0.2, 0) is 11.2 Å². The molecule has 2 rings (SSSR count). The molecule has 0 aliphatic carbocycles. The SMILES string of the molecule is COc1ccc(OC)c(C(C)NC(=O)Cc2cccc(Br)c2)c1. The van der Waals surface area contributed by atoms with E-state index in [-0.39, 0.29) is 11.9 Å². The molecular formula is C18H20BrNO3. The molecule has 2 aromatic carbocycles. The first-order valence-corrected chi connectivity index (χ1v) is 8.08. The van der Waals surface area contributed by atoms with Crippen LogP contribution in [0.2, 0.25) is 0 Å². The van der Waals surface area contributed by atoms with Crippen molar-refractivity contribution in [3.63, 3.8) is 0 Å². The Balaban J connectivity index is 2.09. The molecule has 0 saturated heterocycles. The van der Waals surface area contributed by atoms with E-state index in [1.54, 1.807) is 14.2 Å². The zero-order valence-corrected chi connectivity index (χ0v) is 15.0. The molecule has 1 unspecified atom stereocenters. The molecule has 0 aromatic heterocycles. The fourth-order valence-electron chi connectivity index (χ4n) is 2.38. The Bertz CT molecular complexity index is 688. The average molecular weight is 378 g/mol. The average Bonchev–Trinajstić information content (AvgIpc) is 2.54. The molecule has 0 bridgehead atoms. The first-order chi connectivity index (χ1) is 11.0. The van der Waals surface area contributed by atoms with E-state index in [1.165, 1.54) is 0 Å². The number of hydrogen-bond acceptors (Lipinski definition) is 3. The number of ether oxygens (including phenoxy) is 2. The van der Waals surface area contributed by atoms with Crippen molar-refractivity contribution in [2.45, 2.75) is 19.4 Å². The van der Waals surface area contributed by atoms with E-state index in [1.807, 2.05) is 49.4 Å². The van der Waals surface area contributed by atoms with Gasteiger partial charge in [0, 0.05) is 10.0 Å².